The van der Waals surface area contributed by atoms with Gasteiger partial charge in [0.15, 0.2) is 5.82 Å². The topological polar surface area (TPSA) is 51.8 Å². The smallest absolute Gasteiger partial charge is 0.159 e. The highest BCUT2D eigenvalue weighted by Gasteiger charge is 2.13. The largest absolute Gasteiger partial charge is 0.330 e. The third-order valence-electron chi connectivity index (χ3n) is 3.50. The van der Waals surface area contributed by atoms with Crippen LogP contribution in [0.2, 0.25) is 0 Å². The molecule has 2 rings (SSSR count). The second-order valence-corrected chi connectivity index (χ2v) is 5.40. The number of halogens is 2. The van der Waals surface area contributed by atoms with Gasteiger partial charge >= 0.3 is 0 Å². The summed E-state index contributed by atoms with van der Waals surface area (Å²) in [6.07, 6.45) is 0.798. The minimum Gasteiger partial charge on any atom is -0.330 e. The van der Waals surface area contributed by atoms with Crippen LogP contribution in [0, 0.1) is 31.4 Å². The quantitative estimate of drug-likeness (QED) is 0.941. The predicted octanol–water partition coefficient (Wildman–Crippen LogP) is 3.18. The molecule has 0 bridgehead atoms. The molecule has 2 N–H and O–H groups in total. The third kappa shape index (κ3) is 3.61. The van der Waals surface area contributed by atoms with E-state index in [1.54, 1.807) is 0 Å². The first-order valence-corrected chi connectivity index (χ1v) is 6.91. The van der Waals surface area contributed by atoms with Gasteiger partial charge in [-0.2, -0.15) is 0 Å². The summed E-state index contributed by atoms with van der Waals surface area (Å²) in [5.41, 5.74) is 8.69. The average molecular weight is 291 g/mol. The molecule has 0 fully saturated rings. The van der Waals surface area contributed by atoms with Crippen molar-refractivity contribution in [2.75, 3.05) is 6.54 Å². The molecular weight excluding hydrogens is 272 g/mol. The van der Waals surface area contributed by atoms with E-state index in [4.69, 9.17) is 5.73 Å². The zero-order valence-corrected chi connectivity index (χ0v) is 12.5. The van der Waals surface area contributed by atoms with Gasteiger partial charge in [0.1, 0.15) is 11.6 Å². The molecule has 0 radical (unpaired) electrons. The molecule has 3 nitrogen and oxygen atoms in total. The van der Waals surface area contributed by atoms with Gasteiger partial charge in [-0.05, 0) is 50.4 Å². The van der Waals surface area contributed by atoms with E-state index in [1.807, 2.05) is 13.8 Å². The second-order valence-electron chi connectivity index (χ2n) is 5.40. The fourth-order valence-electron chi connectivity index (χ4n) is 2.28. The molecule has 0 saturated carbocycles. The van der Waals surface area contributed by atoms with Gasteiger partial charge in [-0.3, -0.25) is 0 Å². The fourth-order valence-corrected chi connectivity index (χ4v) is 2.28. The Morgan fingerprint density at radius 3 is 2.05 bits per heavy atom. The molecule has 1 unspecified atom stereocenters. The summed E-state index contributed by atoms with van der Waals surface area (Å²) < 4.78 is 26.6. The van der Waals surface area contributed by atoms with Crippen LogP contribution in [0.1, 0.15) is 23.9 Å². The summed E-state index contributed by atoms with van der Waals surface area (Å²) in [6, 6.07) is 3.31. The van der Waals surface area contributed by atoms with Crippen molar-refractivity contribution >= 4 is 0 Å². The van der Waals surface area contributed by atoms with Crippen LogP contribution < -0.4 is 5.73 Å². The molecule has 112 valence electrons. The predicted molar refractivity (Wildman–Crippen MR) is 78.8 cm³/mol. The maximum atomic E-state index is 13.3. The molecule has 0 aliphatic rings. The van der Waals surface area contributed by atoms with Gasteiger partial charge < -0.3 is 5.73 Å². The van der Waals surface area contributed by atoms with Crippen molar-refractivity contribution in [3.05, 3.63) is 46.8 Å². The third-order valence-corrected chi connectivity index (χ3v) is 3.50. The Morgan fingerprint density at radius 1 is 1.05 bits per heavy atom. The highest BCUT2D eigenvalue weighted by molar-refractivity contribution is 5.56. The van der Waals surface area contributed by atoms with Crippen LogP contribution >= 0.6 is 0 Å². The number of nitrogens with two attached hydrogens (primary N) is 1. The standard InChI is InChI=1S/C16H19F2N3/c1-9(8-19)4-15-10(2)20-16(21-11(15)3)12-5-13(17)7-14(18)6-12/h5-7,9H,4,8,19H2,1-3H3. The molecule has 21 heavy (non-hydrogen) atoms. The Morgan fingerprint density at radius 2 is 1.57 bits per heavy atom. The number of hydrogen-bond donors (Lipinski definition) is 1. The summed E-state index contributed by atoms with van der Waals surface area (Å²) in [5, 5.41) is 0. The molecule has 1 aromatic carbocycles. The number of rotatable bonds is 4. The summed E-state index contributed by atoms with van der Waals surface area (Å²) in [4.78, 5) is 8.78. The zero-order chi connectivity index (χ0) is 15.6. The molecule has 0 aliphatic heterocycles. The van der Waals surface area contributed by atoms with Crippen LogP contribution in [0.4, 0.5) is 8.78 Å². The highest BCUT2D eigenvalue weighted by atomic mass is 19.1. The van der Waals surface area contributed by atoms with Gasteiger partial charge in [0.2, 0.25) is 0 Å². The Balaban J connectivity index is 2.43. The molecule has 2 aromatic rings. The molecule has 1 heterocycles. The van der Waals surface area contributed by atoms with E-state index in [9.17, 15) is 8.78 Å². The number of aromatic nitrogens is 2. The normalized spacial score (nSPS) is 12.5. The summed E-state index contributed by atoms with van der Waals surface area (Å²) >= 11 is 0. The van der Waals surface area contributed by atoms with E-state index in [2.05, 4.69) is 16.9 Å². The van der Waals surface area contributed by atoms with Gasteiger partial charge in [0, 0.05) is 23.0 Å². The van der Waals surface area contributed by atoms with Crippen LogP contribution in [-0.2, 0) is 6.42 Å². The number of nitrogens with zero attached hydrogens (tertiary/aromatic N) is 2. The van der Waals surface area contributed by atoms with E-state index in [1.165, 1.54) is 12.1 Å². The Bertz CT molecular complexity index is 613. The molecule has 1 aromatic heterocycles. The van der Waals surface area contributed by atoms with Crippen molar-refractivity contribution in [3.63, 3.8) is 0 Å². The van der Waals surface area contributed by atoms with Crippen molar-refractivity contribution in [1.82, 2.24) is 9.97 Å². The van der Waals surface area contributed by atoms with Crippen LogP contribution in [0.5, 0.6) is 0 Å². The fraction of sp³-hybridized carbons (Fsp3) is 0.375. The lowest BCUT2D eigenvalue weighted by atomic mass is 9.99. The first-order chi connectivity index (χ1) is 9.90. The van der Waals surface area contributed by atoms with E-state index >= 15 is 0 Å². The van der Waals surface area contributed by atoms with E-state index < -0.39 is 11.6 Å². The summed E-state index contributed by atoms with van der Waals surface area (Å²) in [5.74, 6) is -0.592. The van der Waals surface area contributed by atoms with Crippen LogP contribution in [0.3, 0.4) is 0 Å². The second kappa shape index (κ2) is 6.26. The zero-order valence-electron chi connectivity index (χ0n) is 12.5. The van der Waals surface area contributed by atoms with Crippen LogP contribution in [-0.4, -0.2) is 16.5 Å². The Hall–Kier alpha value is -1.88. The van der Waals surface area contributed by atoms with Gasteiger partial charge in [-0.15, -0.1) is 0 Å². The molecule has 0 amide bonds. The van der Waals surface area contributed by atoms with Crippen molar-refractivity contribution in [2.24, 2.45) is 11.7 Å². The number of aryl methyl sites for hydroxylation is 2. The average Bonchev–Trinajstić information content (AvgIpc) is 2.41. The van der Waals surface area contributed by atoms with Crippen molar-refractivity contribution in [2.45, 2.75) is 27.2 Å². The minimum atomic E-state index is -0.635. The first-order valence-electron chi connectivity index (χ1n) is 6.91. The lowest BCUT2D eigenvalue weighted by Crippen LogP contribution is -2.15. The van der Waals surface area contributed by atoms with Gasteiger partial charge in [0.25, 0.3) is 0 Å². The van der Waals surface area contributed by atoms with Gasteiger partial charge in [0.05, 0.1) is 0 Å². The Kier molecular flexibility index (Phi) is 4.63. The molecule has 1 atom stereocenters. The molecule has 0 saturated heterocycles. The minimum absolute atomic E-state index is 0.337. The van der Waals surface area contributed by atoms with E-state index in [0.717, 1.165) is 29.4 Å². The van der Waals surface area contributed by atoms with Crippen LogP contribution in [0.25, 0.3) is 11.4 Å². The molecule has 5 heteroatoms. The maximum absolute atomic E-state index is 13.3. The lowest BCUT2D eigenvalue weighted by molar-refractivity contribution is 0.583. The summed E-state index contributed by atoms with van der Waals surface area (Å²) in [6.45, 7) is 6.42. The summed E-state index contributed by atoms with van der Waals surface area (Å²) in [7, 11) is 0. The molecular formula is C16H19F2N3. The number of benzene rings is 1. The molecule has 0 aliphatic carbocycles. The van der Waals surface area contributed by atoms with E-state index in [0.29, 0.717) is 23.9 Å². The SMILES string of the molecule is Cc1nc(-c2cc(F)cc(F)c2)nc(C)c1CC(C)CN. The lowest BCUT2D eigenvalue weighted by Gasteiger charge is -2.14. The van der Waals surface area contributed by atoms with Crippen LogP contribution in [0.15, 0.2) is 18.2 Å². The van der Waals surface area contributed by atoms with Crippen molar-refractivity contribution < 1.29 is 8.78 Å². The Labute approximate surface area is 123 Å². The molecule has 0 spiro atoms. The van der Waals surface area contributed by atoms with Gasteiger partial charge in [-0.25, -0.2) is 18.7 Å². The van der Waals surface area contributed by atoms with Gasteiger partial charge in [-0.1, -0.05) is 6.92 Å². The van der Waals surface area contributed by atoms with Crippen molar-refractivity contribution in [1.29, 1.82) is 0 Å². The number of hydrogen-bond acceptors (Lipinski definition) is 3. The van der Waals surface area contributed by atoms with Crippen molar-refractivity contribution in [3.8, 4) is 11.4 Å². The maximum Gasteiger partial charge on any atom is 0.159 e. The highest BCUT2D eigenvalue weighted by Crippen LogP contribution is 2.22. The first kappa shape index (κ1) is 15.5. The monoisotopic (exact) mass is 291 g/mol. The van der Waals surface area contributed by atoms with E-state index in [-0.39, 0.29) is 0 Å².